The van der Waals surface area contributed by atoms with Crippen molar-refractivity contribution in [3.05, 3.63) is 58.1 Å². The second kappa shape index (κ2) is 11.7. The van der Waals surface area contributed by atoms with E-state index in [1.54, 1.807) is 26.0 Å². The summed E-state index contributed by atoms with van der Waals surface area (Å²) in [6, 6.07) is 12.8. The molecular formula is C24H31BrN2O4. The van der Waals surface area contributed by atoms with Gasteiger partial charge in [0.15, 0.2) is 11.5 Å². The van der Waals surface area contributed by atoms with Crippen LogP contribution in [0.4, 0.5) is 0 Å². The van der Waals surface area contributed by atoms with Crippen molar-refractivity contribution in [3.63, 3.8) is 0 Å². The molecule has 2 amide bonds. The summed E-state index contributed by atoms with van der Waals surface area (Å²) in [5.74, 6) is 1.04. The molecule has 0 fully saturated rings. The maximum absolute atomic E-state index is 13.2. The largest absolute Gasteiger partial charge is 0.493 e. The van der Waals surface area contributed by atoms with Crippen molar-refractivity contribution in [1.29, 1.82) is 0 Å². The zero-order valence-electron chi connectivity index (χ0n) is 18.8. The predicted octanol–water partition coefficient (Wildman–Crippen LogP) is 4.34. The van der Waals surface area contributed by atoms with E-state index >= 15 is 0 Å². The first kappa shape index (κ1) is 24.7. The molecule has 168 valence electrons. The Labute approximate surface area is 193 Å². The first-order valence-corrected chi connectivity index (χ1v) is 11.1. The summed E-state index contributed by atoms with van der Waals surface area (Å²) in [5, 5.41) is 2.90. The Morgan fingerprint density at radius 3 is 2.16 bits per heavy atom. The van der Waals surface area contributed by atoms with Crippen LogP contribution in [0.2, 0.25) is 0 Å². The molecule has 6 nitrogen and oxygen atoms in total. The van der Waals surface area contributed by atoms with Gasteiger partial charge in [-0.15, -0.1) is 0 Å². The Morgan fingerprint density at radius 1 is 0.968 bits per heavy atom. The van der Waals surface area contributed by atoms with Gasteiger partial charge in [0.2, 0.25) is 11.8 Å². The van der Waals surface area contributed by atoms with Gasteiger partial charge in [-0.25, -0.2) is 0 Å². The van der Waals surface area contributed by atoms with Crippen LogP contribution in [-0.2, 0) is 22.6 Å². The van der Waals surface area contributed by atoms with Crippen molar-refractivity contribution in [2.45, 2.75) is 52.2 Å². The normalized spacial score (nSPS) is 11.7. The highest BCUT2D eigenvalue weighted by Gasteiger charge is 2.26. The smallest absolute Gasteiger partial charge is 0.242 e. The number of aryl methyl sites for hydroxylation is 1. The highest BCUT2D eigenvalue weighted by molar-refractivity contribution is 9.10. The number of amides is 2. The van der Waals surface area contributed by atoms with Gasteiger partial charge in [0, 0.05) is 23.5 Å². The molecule has 7 heteroatoms. The minimum atomic E-state index is -0.580. The summed E-state index contributed by atoms with van der Waals surface area (Å²) in [7, 11) is 3.17. The number of carbonyl (C=O) groups is 2. The van der Waals surface area contributed by atoms with Gasteiger partial charge in [-0.05, 0) is 62.6 Å². The average molecular weight is 491 g/mol. The molecule has 0 aliphatic carbocycles. The number of ether oxygens (including phenoxy) is 2. The summed E-state index contributed by atoms with van der Waals surface area (Å²) in [5.41, 5.74) is 1.93. The van der Waals surface area contributed by atoms with Crippen LogP contribution in [0.5, 0.6) is 11.5 Å². The molecule has 2 aromatic carbocycles. The van der Waals surface area contributed by atoms with Crippen molar-refractivity contribution in [3.8, 4) is 11.5 Å². The van der Waals surface area contributed by atoms with Gasteiger partial charge in [0.05, 0.1) is 14.2 Å². The highest BCUT2D eigenvalue weighted by Crippen LogP contribution is 2.28. The molecule has 0 heterocycles. The Bertz CT molecular complexity index is 884. The summed E-state index contributed by atoms with van der Waals surface area (Å²) >= 11 is 3.43. The Morgan fingerprint density at radius 2 is 1.58 bits per heavy atom. The quantitative estimate of drug-likeness (QED) is 0.537. The molecule has 0 aliphatic heterocycles. The summed E-state index contributed by atoms with van der Waals surface area (Å²) < 4.78 is 11.6. The van der Waals surface area contributed by atoms with E-state index in [2.05, 4.69) is 21.2 Å². The number of nitrogens with one attached hydrogen (secondary N) is 1. The van der Waals surface area contributed by atoms with E-state index in [1.807, 2.05) is 56.3 Å². The number of benzene rings is 2. The van der Waals surface area contributed by atoms with Crippen LogP contribution in [0.15, 0.2) is 46.9 Å². The van der Waals surface area contributed by atoms with Crippen LogP contribution in [-0.4, -0.2) is 43.0 Å². The summed E-state index contributed by atoms with van der Waals surface area (Å²) in [4.78, 5) is 27.4. The van der Waals surface area contributed by atoms with Crippen LogP contribution in [0, 0.1) is 0 Å². The second-order valence-corrected chi connectivity index (χ2v) is 8.59. The van der Waals surface area contributed by atoms with E-state index in [4.69, 9.17) is 9.47 Å². The Kier molecular flexibility index (Phi) is 9.37. The molecule has 2 aromatic rings. The van der Waals surface area contributed by atoms with E-state index < -0.39 is 6.04 Å². The lowest BCUT2D eigenvalue weighted by atomic mass is 10.1. The van der Waals surface area contributed by atoms with E-state index in [9.17, 15) is 9.59 Å². The SMILES string of the molecule is COc1ccc(CCC(=O)N(Cc2ccc(Br)cc2)[C@H](C)C(=O)NC(C)C)cc1OC. The first-order chi connectivity index (χ1) is 14.7. The fourth-order valence-electron chi connectivity index (χ4n) is 3.21. The van der Waals surface area contributed by atoms with Gasteiger partial charge in [-0.2, -0.15) is 0 Å². The molecule has 0 bridgehead atoms. The van der Waals surface area contributed by atoms with Crippen molar-refractivity contribution in [2.24, 2.45) is 0 Å². The highest BCUT2D eigenvalue weighted by atomic mass is 79.9. The lowest BCUT2D eigenvalue weighted by molar-refractivity contribution is -0.140. The Hall–Kier alpha value is -2.54. The standard InChI is InChI=1S/C24H31BrN2O4/c1-16(2)26-24(29)17(3)27(15-19-6-10-20(25)11-7-19)23(28)13-9-18-8-12-21(30-4)22(14-18)31-5/h6-8,10-12,14,16-17H,9,13,15H2,1-5H3,(H,26,29)/t17-/m1/s1. The number of hydrogen-bond acceptors (Lipinski definition) is 4. The summed E-state index contributed by atoms with van der Waals surface area (Å²) in [6.07, 6.45) is 0.819. The van der Waals surface area contributed by atoms with Gasteiger partial charge in [-0.3, -0.25) is 9.59 Å². The monoisotopic (exact) mass is 490 g/mol. The maximum atomic E-state index is 13.2. The van der Waals surface area contributed by atoms with Crippen LogP contribution in [0.3, 0.4) is 0 Å². The minimum Gasteiger partial charge on any atom is -0.493 e. The second-order valence-electron chi connectivity index (χ2n) is 7.68. The molecule has 0 saturated heterocycles. The molecule has 0 aromatic heterocycles. The van der Waals surface area contributed by atoms with E-state index in [0.717, 1.165) is 15.6 Å². The number of rotatable bonds is 10. The molecule has 0 spiro atoms. The molecule has 0 saturated carbocycles. The van der Waals surface area contributed by atoms with Crippen LogP contribution < -0.4 is 14.8 Å². The fraction of sp³-hybridized carbons (Fsp3) is 0.417. The zero-order valence-corrected chi connectivity index (χ0v) is 20.4. The fourth-order valence-corrected chi connectivity index (χ4v) is 3.47. The van der Waals surface area contributed by atoms with Crippen LogP contribution >= 0.6 is 15.9 Å². The lowest BCUT2D eigenvalue weighted by Crippen LogP contribution is -2.49. The number of methoxy groups -OCH3 is 2. The van der Waals surface area contributed by atoms with E-state index in [-0.39, 0.29) is 24.3 Å². The average Bonchev–Trinajstić information content (AvgIpc) is 2.75. The number of hydrogen-bond donors (Lipinski definition) is 1. The van der Waals surface area contributed by atoms with Gasteiger partial charge in [0.25, 0.3) is 0 Å². The molecule has 0 radical (unpaired) electrons. The molecule has 2 rings (SSSR count). The Balaban J connectivity index is 2.16. The number of halogens is 1. The molecule has 31 heavy (non-hydrogen) atoms. The molecule has 0 unspecified atom stereocenters. The van der Waals surface area contributed by atoms with Crippen molar-refractivity contribution in [2.75, 3.05) is 14.2 Å². The number of nitrogens with zero attached hydrogens (tertiary/aromatic N) is 1. The molecule has 0 aliphatic rings. The maximum Gasteiger partial charge on any atom is 0.242 e. The van der Waals surface area contributed by atoms with Crippen molar-refractivity contribution in [1.82, 2.24) is 10.2 Å². The van der Waals surface area contributed by atoms with Gasteiger partial charge in [-0.1, -0.05) is 34.1 Å². The minimum absolute atomic E-state index is 0.00588. The van der Waals surface area contributed by atoms with E-state index in [0.29, 0.717) is 24.5 Å². The topological polar surface area (TPSA) is 67.9 Å². The van der Waals surface area contributed by atoms with Crippen molar-refractivity contribution >= 4 is 27.7 Å². The third-order valence-electron chi connectivity index (χ3n) is 4.94. The zero-order chi connectivity index (χ0) is 23.0. The molecule has 1 atom stereocenters. The van der Waals surface area contributed by atoms with Crippen LogP contribution in [0.25, 0.3) is 0 Å². The summed E-state index contributed by atoms with van der Waals surface area (Å²) in [6.45, 7) is 5.95. The van der Waals surface area contributed by atoms with E-state index in [1.165, 1.54) is 0 Å². The van der Waals surface area contributed by atoms with Gasteiger partial charge >= 0.3 is 0 Å². The van der Waals surface area contributed by atoms with Crippen molar-refractivity contribution < 1.29 is 19.1 Å². The van der Waals surface area contributed by atoms with Crippen LogP contribution in [0.1, 0.15) is 38.3 Å². The van der Waals surface area contributed by atoms with Gasteiger partial charge < -0.3 is 19.7 Å². The third kappa shape index (κ3) is 7.28. The number of carbonyl (C=O) groups excluding carboxylic acids is 2. The molecular weight excluding hydrogens is 460 g/mol. The third-order valence-corrected chi connectivity index (χ3v) is 5.47. The van der Waals surface area contributed by atoms with Gasteiger partial charge in [0.1, 0.15) is 6.04 Å². The predicted molar refractivity (Wildman–Crippen MR) is 125 cm³/mol. The lowest BCUT2D eigenvalue weighted by Gasteiger charge is -2.29. The molecule has 1 N–H and O–H groups in total. The first-order valence-electron chi connectivity index (χ1n) is 10.3.